The average molecular weight is 470 g/mol. The van der Waals surface area contributed by atoms with E-state index in [0.717, 1.165) is 0 Å². The van der Waals surface area contributed by atoms with Gasteiger partial charge in [-0.1, -0.05) is 6.92 Å². The first-order chi connectivity index (χ1) is 14.1. The zero-order valence-corrected chi connectivity index (χ0v) is 21.1. The Hall–Kier alpha value is -1.03. The Kier molecular flexibility index (Phi) is 12.4. The molecule has 0 saturated heterocycles. The number of nitrogens with zero attached hydrogens (tertiary/aromatic N) is 1. The monoisotopic (exact) mass is 469 g/mol. The lowest BCUT2D eigenvalue weighted by molar-refractivity contribution is -0.870. The maximum atomic E-state index is 12.6. The maximum absolute atomic E-state index is 12.6. The minimum absolute atomic E-state index is 0.00641. The van der Waals surface area contributed by atoms with Crippen LogP contribution in [-0.2, 0) is 37.4 Å². The fraction of sp³-hybridized carbons (Fsp3) is 0.900. The number of hydrogen-bond donors (Lipinski definition) is 0. The number of rotatable bonds is 16. The number of phosphoric acid groups is 1. The number of quaternary nitrogens is 1. The van der Waals surface area contributed by atoms with Crippen molar-refractivity contribution in [3.8, 4) is 0 Å². The van der Waals surface area contributed by atoms with E-state index in [1.165, 1.54) is 7.11 Å². The molecular formula is C20H40NO9P. The van der Waals surface area contributed by atoms with Crippen molar-refractivity contribution in [2.24, 2.45) is 10.8 Å². The molecule has 31 heavy (non-hydrogen) atoms. The molecule has 0 aromatic carbocycles. The smallest absolute Gasteiger partial charge is 0.311 e. The molecule has 0 bridgehead atoms. The summed E-state index contributed by atoms with van der Waals surface area (Å²) >= 11 is 0. The van der Waals surface area contributed by atoms with E-state index >= 15 is 0 Å². The molecule has 2 unspecified atom stereocenters. The van der Waals surface area contributed by atoms with Crippen LogP contribution in [-0.4, -0.2) is 84.3 Å². The van der Waals surface area contributed by atoms with E-state index in [0.29, 0.717) is 17.4 Å². The number of carbonyl (C=O) groups excluding carboxylic acids is 2. The van der Waals surface area contributed by atoms with Crippen LogP contribution in [0.4, 0.5) is 0 Å². The third-order valence-corrected chi connectivity index (χ3v) is 5.75. The van der Waals surface area contributed by atoms with Gasteiger partial charge in [-0.25, -0.2) is 0 Å². The number of esters is 2. The molecule has 0 aliphatic carbocycles. The van der Waals surface area contributed by atoms with Gasteiger partial charge in [0.2, 0.25) is 0 Å². The van der Waals surface area contributed by atoms with Gasteiger partial charge in [0.05, 0.1) is 45.2 Å². The Morgan fingerprint density at radius 3 is 1.94 bits per heavy atom. The van der Waals surface area contributed by atoms with E-state index < -0.39 is 30.6 Å². The van der Waals surface area contributed by atoms with E-state index in [-0.39, 0.29) is 39.5 Å². The summed E-state index contributed by atoms with van der Waals surface area (Å²) in [5.41, 5.74) is -1.87. The van der Waals surface area contributed by atoms with Crippen LogP contribution in [0.5, 0.6) is 0 Å². The molecule has 0 aliphatic rings. The molecule has 11 heteroatoms. The largest absolute Gasteiger partial charge is 0.756 e. The second-order valence-corrected chi connectivity index (χ2v) is 10.8. The van der Waals surface area contributed by atoms with Crippen LogP contribution in [0, 0.1) is 10.8 Å². The molecule has 0 fully saturated rings. The van der Waals surface area contributed by atoms with E-state index in [1.807, 2.05) is 28.1 Å². The second kappa shape index (κ2) is 12.9. The normalized spacial score (nSPS) is 16.3. The van der Waals surface area contributed by atoms with Crippen molar-refractivity contribution in [2.75, 3.05) is 67.8 Å². The molecule has 0 aromatic rings. The highest BCUT2D eigenvalue weighted by molar-refractivity contribution is 7.45. The lowest BCUT2D eigenvalue weighted by atomic mass is 9.72. The quantitative estimate of drug-likeness (QED) is 0.144. The highest BCUT2D eigenvalue weighted by atomic mass is 31.2. The Balaban J connectivity index is 4.61. The van der Waals surface area contributed by atoms with Crippen molar-refractivity contribution in [2.45, 2.75) is 40.5 Å². The molecule has 0 heterocycles. The molecular weight excluding hydrogens is 429 g/mol. The predicted octanol–water partition coefficient (Wildman–Crippen LogP) is 1.76. The van der Waals surface area contributed by atoms with Crippen LogP contribution in [0.1, 0.15) is 40.5 Å². The average Bonchev–Trinajstić information content (AvgIpc) is 2.63. The summed E-state index contributed by atoms with van der Waals surface area (Å²) in [5.74, 6) is -0.971. The molecule has 10 nitrogen and oxygen atoms in total. The van der Waals surface area contributed by atoms with E-state index in [4.69, 9.17) is 23.3 Å². The van der Waals surface area contributed by atoms with E-state index in [1.54, 1.807) is 20.8 Å². The SMILES string of the molecule is CCC(C)(CC(C)(C)C(=O)OCCOC)C(=O)OCCOP(=O)([O-])OCC[N+](C)(C)C. The molecule has 0 radical (unpaired) electrons. The number of ether oxygens (including phenoxy) is 3. The summed E-state index contributed by atoms with van der Waals surface area (Å²) in [4.78, 5) is 36.7. The Bertz CT molecular complexity index is 618. The number of likely N-dealkylation sites (N-methyl/N-ethyl adjacent to an activating group) is 1. The fourth-order valence-electron chi connectivity index (χ4n) is 2.72. The predicted molar refractivity (Wildman–Crippen MR) is 113 cm³/mol. The van der Waals surface area contributed by atoms with Crippen LogP contribution in [0.15, 0.2) is 0 Å². The summed E-state index contributed by atoms with van der Waals surface area (Å²) in [5, 5.41) is 0. The van der Waals surface area contributed by atoms with Gasteiger partial charge in [-0.2, -0.15) is 0 Å². The molecule has 0 saturated carbocycles. The first-order valence-electron chi connectivity index (χ1n) is 10.3. The van der Waals surface area contributed by atoms with Gasteiger partial charge in [0.1, 0.15) is 26.4 Å². The Morgan fingerprint density at radius 1 is 0.903 bits per heavy atom. The van der Waals surface area contributed by atoms with Crippen molar-refractivity contribution in [1.29, 1.82) is 0 Å². The molecule has 0 aliphatic heterocycles. The van der Waals surface area contributed by atoms with Gasteiger partial charge in [-0.3, -0.25) is 14.2 Å². The topological polar surface area (TPSA) is 120 Å². The van der Waals surface area contributed by atoms with E-state index in [2.05, 4.69) is 0 Å². The second-order valence-electron chi connectivity index (χ2n) is 9.37. The third kappa shape index (κ3) is 12.6. The number of phosphoric ester groups is 1. The van der Waals surface area contributed by atoms with Crippen LogP contribution < -0.4 is 4.89 Å². The van der Waals surface area contributed by atoms with Gasteiger partial charge in [0.15, 0.2) is 0 Å². The van der Waals surface area contributed by atoms with Crippen LogP contribution in [0.3, 0.4) is 0 Å². The van der Waals surface area contributed by atoms with Crippen molar-refractivity contribution < 1.29 is 46.8 Å². The number of hydrogen-bond acceptors (Lipinski definition) is 9. The van der Waals surface area contributed by atoms with E-state index in [9.17, 15) is 19.0 Å². The molecule has 0 amide bonds. The summed E-state index contributed by atoms with van der Waals surface area (Å²) in [6.45, 7) is 7.23. The van der Waals surface area contributed by atoms with Gasteiger partial charge in [0, 0.05) is 7.11 Å². The molecule has 0 spiro atoms. The van der Waals surface area contributed by atoms with Crippen LogP contribution in [0.25, 0.3) is 0 Å². The Morgan fingerprint density at radius 2 is 1.42 bits per heavy atom. The van der Waals surface area contributed by atoms with Crippen molar-refractivity contribution in [3.05, 3.63) is 0 Å². The molecule has 0 N–H and O–H groups in total. The first kappa shape index (κ1) is 30.0. The van der Waals surface area contributed by atoms with Gasteiger partial charge in [-0.15, -0.1) is 0 Å². The number of carbonyl (C=O) groups is 2. The lowest BCUT2D eigenvalue weighted by Crippen LogP contribution is -2.39. The van der Waals surface area contributed by atoms with Gasteiger partial charge >= 0.3 is 11.9 Å². The van der Waals surface area contributed by atoms with Crippen molar-refractivity contribution in [3.63, 3.8) is 0 Å². The third-order valence-electron chi connectivity index (χ3n) is 4.76. The number of methoxy groups -OCH3 is 1. The van der Waals surface area contributed by atoms with Crippen molar-refractivity contribution in [1.82, 2.24) is 0 Å². The van der Waals surface area contributed by atoms with Gasteiger partial charge in [-0.05, 0) is 33.6 Å². The molecule has 2 atom stereocenters. The van der Waals surface area contributed by atoms with Gasteiger partial charge in [0.25, 0.3) is 7.82 Å². The lowest BCUT2D eigenvalue weighted by Gasteiger charge is -2.33. The van der Waals surface area contributed by atoms with Crippen LogP contribution >= 0.6 is 7.82 Å². The summed E-state index contributed by atoms with van der Waals surface area (Å²) in [6.07, 6.45) is 0.631. The molecule has 184 valence electrons. The molecule has 0 aromatic heterocycles. The zero-order valence-electron chi connectivity index (χ0n) is 20.2. The summed E-state index contributed by atoms with van der Waals surface area (Å²) < 4.78 is 37.1. The molecule has 0 rings (SSSR count). The minimum Gasteiger partial charge on any atom is -0.756 e. The highest BCUT2D eigenvalue weighted by Crippen LogP contribution is 2.39. The maximum Gasteiger partial charge on any atom is 0.311 e. The minimum atomic E-state index is -4.47. The fourth-order valence-corrected chi connectivity index (χ4v) is 3.40. The Labute approximate surface area is 186 Å². The zero-order chi connectivity index (χ0) is 24.3. The summed E-state index contributed by atoms with van der Waals surface area (Å²) in [7, 11) is 2.76. The highest BCUT2D eigenvalue weighted by Gasteiger charge is 2.42. The van der Waals surface area contributed by atoms with Gasteiger partial charge < -0.3 is 32.6 Å². The summed E-state index contributed by atoms with van der Waals surface area (Å²) in [6, 6.07) is 0. The van der Waals surface area contributed by atoms with Crippen molar-refractivity contribution >= 4 is 19.8 Å². The first-order valence-corrected chi connectivity index (χ1v) is 11.8. The standard InChI is InChI=1S/C20H40NO9P/c1-9-20(4,16-19(2,3)17(22)27-13-12-26-8)18(23)28-14-15-30-31(24,25)29-11-10-21(5,6)7/h9-16H2,1-8H3. The van der Waals surface area contributed by atoms with Crippen LogP contribution in [0.2, 0.25) is 0 Å².